The zero-order valence-corrected chi connectivity index (χ0v) is 12.7. The second-order valence-corrected chi connectivity index (χ2v) is 7.13. The summed E-state index contributed by atoms with van der Waals surface area (Å²) in [5, 5.41) is 2.12. The smallest absolute Gasteiger partial charge is 0.325 e. The molecule has 0 aromatic carbocycles. The lowest BCUT2D eigenvalue weighted by molar-refractivity contribution is -0.139. The number of piperidine rings is 1. The highest BCUT2D eigenvalue weighted by atomic mass is 32.2. The van der Waals surface area contributed by atoms with Crippen LogP contribution in [0.2, 0.25) is 0 Å². The van der Waals surface area contributed by atoms with E-state index in [-0.39, 0.29) is 0 Å². The Hall–Kier alpha value is -0.660. The van der Waals surface area contributed by atoms with Crippen LogP contribution in [0.4, 0.5) is 0 Å². The first-order chi connectivity index (χ1) is 8.93. The largest absolute Gasteiger partial charge is 0.468 e. The van der Waals surface area contributed by atoms with Crippen LogP contribution in [0.3, 0.4) is 0 Å². The van der Waals surface area contributed by atoms with Crippen LogP contribution in [-0.2, 0) is 19.6 Å². The SMILES string of the molecule is CCN(CC1CCCNC1)S(=O)(=O)C(C)C(=O)OC. The number of rotatable bonds is 6. The van der Waals surface area contributed by atoms with E-state index in [1.807, 2.05) is 0 Å². The van der Waals surface area contributed by atoms with Gasteiger partial charge in [-0.25, -0.2) is 12.7 Å². The van der Waals surface area contributed by atoms with E-state index in [4.69, 9.17) is 0 Å². The highest BCUT2D eigenvalue weighted by Gasteiger charge is 2.35. The summed E-state index contributed by atoms with van der Waals surface area (Å²) in [5.74, 6) is -0.395. The van der Waals surface area contributed by atoms with Crippen molar-refractivity contribution >= 4 is 16.0 Å². The molecule has 19 heavy (non-hydrogen) atoms. The van der Waals surface area contributed by atoms with Crippen molar-refractivity contribution in [1.82, 2.24) is 9.62 Å². The first-order valence-corrected chi connectivity index (χ1v) is 8.21. The lowest BCUT2D eigenvalue weighted by Crippen LogP contribution is -2.46. The fourth-order valence-corrected chi connectivity index (χ4v) is 3.86. The molecule has 0 aromatic heterocycles. The third-order valence-electron chi connectivity index (χ3n) is 3.55. The molecule has 1 aliphatic heterocycles. The van der Waals surface area contributed by atoms with Gasteiger partial charge in [0.2, 0.25) is 10.0 Å². The molecular weight excluding hydrogens is 268 g/mol. The number of esters is 1. The van der Waals surface area contributed by atoms with Gasteiger partial charge in [-0.2, -0.15) is 0 Å². The third-order valence-corrected chi connectivity index (χ3v) is 5.77. The van der Waals surface area contributed by atoms with Gasteiger partial charge in [0.05, 0.1) is 7.11 Å². The second kappa shape index (κ2) is 7.21. The molecule has 1 fully saturated rings. The quantitative estimate of drug-likeness (QED) is 0.708. The van der Waals surface area contributed by atoms with Gasteiger partial charge in [-0.3, -0.25) is 4.79 Å². The molecule has 0 aromatic rings. The molecule has 0 amide bonds. The molecule has 7 heteroatoms. The molecular formula is C12H24N2O4S. The average Bonchev–Trinajstić information content (AvgIpc) is 2.43. The van der Waals surface area contributed by atoms with Gasteiger partial charge >= 0.3 is 5.97 Å². The lowest BCUT2D eigenvalue weighted by atomic mass is 10.00. The standard InChI is InChI=1S/C12H24N2O4S/c1-4-14(9-11-6-5-7-13-8-11)19(16,17)10(2)12(15)18-3/h10-11,13H,4-9H2,1-3H3. The number of methoxy groups -OCH3 is 1. The molecule has 0 bridgehead atoms. The fraction of sp³-hybridized carbons (Fsp3) is 0.917. The molecule has 1 heterocycles. The Labute approximate surface area is 115 Å². The Balaban J connectivity index is 2.74. The molecule has 1 rings (SSSR count). The van der Waals surface area contributed by atoms with E-state index >= 15 is 0 Å². The van der Waals surface area contributed by atoms with Crippen LogP contribution < -0.4 is 5.32 Å². The molecule has 1 N–H and O–H groups in total. The van der Waals surface area contributed by atoms with Crippen molar-refractivity contribution in [1.29, 1.82) is 0 Å². The number of nitrogens with zero attached hydrogens (tertiary/aromatic N) is 1. The molecule has 1 aliphatic rings. The van der Waals surface area contributed by atoms with E-state index in [1.54, 1.807) is 6.92 Å². The third kappa shape index (κ3) is 4.15. The van der Waals surface area contributed by atoms with Crippen LogP contribution in [0.15, 0.2) is 0 Å². The predicted molar refractivity (Wildman–Crippen MR) is 73.2 cm³/mol. The number of sulfonamides is 1. The van der Waals surface area contributed by atoms with E-state index in [1.165, 1.54) is 18.3 Å². The summed E-state index contributed by atoms with van der Waals surface area (Å²) in [7, 11) is -2.43. The number of hydrogen-bond acceptors (Lipinski definition) is 5. The first kappa shape index (κ1) is 16.4. The minimum atomic E-state index is -3.63. The number of ether oxygens (including phenoxy) is 1. The van der Waals surface area contributed by atoms with Gasteiger partial charge in [-0.05, 0) is 38.8 Å². The van der Waals surface area contributed by atoms with Crippen molar-refractivity contribution in [3.8, 4) is 0 Å². The van der Waals surface area contributed by atoms with Gasteiger partial charge < -0.3 is 10.1 Å². The van der Waals surface area contributed by atoms with Gasteiger partial charge in [0.1, 0.15) is 0 Å². The second-order valence-electron chi connectivity index (χ2n) is 4.87. The van der Waals surface area contributed by atoms with Crippen molar-refractivity contribution in [2.45, 2.75) is 31.9 Å². The molecule has 112 valence electrons. The van der Waals surface area contributed by atoms with Crippen LogP contribution in [0, 0.1) is 5.92 Å². The van der Waals surface area contributed by atoms with E-state index < -0.39 is 21.2 Å². The van der Waals surface area contributed by atoms with Gasteiger partial charge in [0.25, 0.3) is 0 Å². The number of carbonyl (C=O) groups is 1. The van der Waals surface area contributed by atoms with E-state index in [2.05, 4.69) is 10.1 Å². The summed E-state index contributed by atoms with van der Waals surface area (Å²) in [6.45, 7) is 5.83. The number of carbonyl (C=O) groups excluding carboxylic acids is 1. The highest BCUT2D eigenvalue weighted by Crippen LogP contribution is 2.17. The summed E-state index contributed by atoms with van der Waals surface area (Å²) in [6, 6.07) is 0. The fourth-order valence-electron chi connectivity index (χ4n) is 2.29. The maximum atomic E-state index is 12.3. The number of hydrogen-bond donors (Lipinski definition) is 1. The van der Waals surface area contributed by atoms with Crippen molar-refractivity contribution < 1.29 is 17.9 Å². The van der Waals surface area contributed by atoms with E-state index in [0.717, 1.165) is 25.9 Å². The molecule has 2 unspecified atom stereocenters. The van der Waals surface area contributed by atoms with E-state index in [0.29, 0.717) is 19.0 Å². The van der Waals surface area contributed by atoms with Gasteiger partial charge in [0, 0.05) is 13.1 Å². The Morgan fingerprint density at radius 3 is 2.68 bits per heavy atom. The Kier molecular flexibility index (Phi) is 6.22. The molecule has 1 saturated heterocycles. The zero-order chi connectivity index (χ0) is 14.5. The number of nitrogens with one attached hydrogen (secondary N) is 1. The average molecular weight is 292 g/mol. The molecule has 0 saturated carbocycles. The minimum Gasteiger partial charge on any atom is -0.468 e. The summed E-state index contributed by atoms with van der Waals surface area (Å²) in [4.78, 5) is 11.4. The predicted octanol–water partition coefficient (Wildman–Crippen LogP) is 0.199. The Morgan fingerprint density at radius 1 is 1.53 bits per heavy atom. The summed E-state index contributed by atoms with van der Waals surface area (Å²) in [5.41, 5.74) is 0. The van der Waals surface area contributed by atoms with E-state index in [9.17, 15) is 13.2 Å². The molecule has 0 spiro atoms. The molecule has 0 radical (unpaired) electrons. The topological polar surface area (TPSA) is 75.7 Å². The van der Waals surface area contributed by atoms with Gasteiger partial charge in [-0.1, -0.05) is 6.92 Å². The minimum absolute atomic E-state index is 0.313. The monoisotopic (exact) mass is 292 g/mol. The van der Waals surface area contributed by atoms with Crippen LogP contribution in [0.5, 0.6) is 0 Å². The van der Waals surface area contributed by atoms with Crippen molar-refractivity contribution in [2.75, 3.05) is 33.3 Å². The van der Waals surface area contributed by atoms with Crippen LogP contribution >= 0.6 is 0 Å². The zero-order valence-electron chi connectivity index (χ0n) is 11.9. The summed E-state index contributed by atoms with van der Waals surface area (Å²) >= 11 is 0. The summed E-state index contributed by atoms with van der Waals surface area (Å²) in [6.07, 6.45) is 2.08. The van der Waals surface area contributed by atoms with Gasteiger partial charge in [-0.15, -0.1) is 0 Å². The van der Waals surface area contributed by atoms with Crippen molar-refractivity contribution in [3.05, 3.63) is 0 Å². The van der Waals surface area contributed by atoms with Crippen LogP contribution in [0.1, 0.15) is 26.7 Å². The van der Waals surface area contributed by atoms with Gasteiger partial charge in [0.15, 0.2) is 5.25 Å². The maximum Gasteiger partial charge on any atom is 0.325 e. The first-order valence-electron chi connectivity index (χ1n) is 6.71. The highest BCUT2D eigenvalue weighted by molar-refractivity contribution is 7.90. The molecule has 0 aliphatic carbocycles. The maximum absolute atomic E-state index is 12.3. The Bertz CT molecular complexity index is 391. The lowest BCUT2D eigenvalue weighted by Gasteiger charge is -2.30. The molecule has 2 atom stereocenters. The van der Waals surface area contributed by atoms with Crippen molar-refractivity contribution in [2.24, 2.45) is 5.92 Å². The summed E-state index contributed by atoms with van der Waals surface area (Å²) < 4.78 is 30.6. The molecule has 6 nitrogen and oxygen atoms in total. The Morgan fingerprint density at radius 2 is 2.21 bits per heavy atom. The van der Waals surface area contributed by atoms with Crippen molar-refractivity contribution in [3.63, 3.8) is 0 Å². The van der Waals surface area contributed by atoms with Crippen LogP contribution in [0.25, 0.3) is 0 Å². The normalized spacial score (nSPS) is 22.2. The van der Waals surface area contributed by atoms with Crippen LogP contribution in [-0.4, -0.2) is 57.2 Å².